The van der Waals surface area contributed by atoms with E-state index in [9.17, 15) is 9.59 Å². The Morgan fingerprint density at radius 3 is 2.68 bits per heavy atom. The number of anilines is 1. The Morgan fingerprint density at radius 1 is 1.17 bits per heavy atom. The highest BCUT2D eigenvalue weighted by molar-refractivity contribution is 7.99. The lowest BCUT2D eigenvalue weighted by molar-refractivity contribution is 0.0434. The van der Waals surface area contributed by atoms with Crippen molar-refractivity contribution in [3.05, 3.63) is 59.3 Å². The molecule has 2 aliphatic heterocycles. The van der Waals surface area contributed by atoms with Crippen molar-refractivity contribution in [1.82, 2.24) is 24.3 Å². The molecular weight excluding hydrogens is 540 g/mol. The molecule has 2 atom stereocenters. The lowest BCUT2D eigenvalue weighted by atomic mass is 9.73. The number of aromatic nitrogens is 4. The maximum Gasteiger partial charge on any atom is 0.407 e. The minimum absolute atomic E-state index is 0.0536. The van der Waals surface area contributed by atoms with Gasteiger partial charge in [-0.2, -0.15) is 0 Å². The third-order valence-electron chi connectivity index (χ3n) is 8.19. The maximum atomic E-state index is 12.7. The first-order chi connectivity index (χ1) is 19.5. The number of amides is 1. The number of ether oxygens (including phenoxy) is 2. The highest BCUT2D eigenvalue weighted by Crippen LogP contribution is 2.43. The predicted molar refractivity (Wildman–Crippen MR) is 159 cm³/mol. The molecule has 41 heavy (non-hydrogen) atoms. The van der Waals surface area contributed by atoms with E-state index in [0.717, 1.165) is 58.2 Å². The lowest BCUT2D eigenvalue weighted by Crippen LogP contribution is -2.55. The number of pyridine rings is 1. The van der Waals surface area contributed by atoms with Crippen LogP contribution in [-0.2, 0) is 16.5 Å². The molecule has 1 amide bonds. The first kappa shape index (κ1) is 27.6. The highest BCUT2D eigenvalue weighted by Gasteiger charge is 2.50. The normalized spacial score (nSPS) is 20.7. The fourth-order valence-electron chi connectivity index (χ4n) is 6.07. The summed E-state index contributed by atoms with van der Waals surface area (Å²) in [5, 5.41) is 4.13. The second kappa shape index (κ2) is 10.4. The summed E-state index contributed by atoms with van der Waals surface area (Å²) in [6.07, 6.45) is 6.78. The third-order valence-corrected chi connectivity index (χ3v) is 9.25. The second-order valence-corrected chi connectivity index (χ2v) is 13.1. The summed E-state index contributed by atoms with van der Waals surface area (Å²) in [5.74, 6) is 0.828. The highest BCUT2D eigenvalue weighted by atomic mass is 32.2. The van der Waals surface area contributed by atoms with E-state index in [2.05, 4.69) is 15.2 Å². The van der Waals surface area contributed by atoms with Gasteiger partial charge in [0, 0.05) is 60.5 Å². The van der Waals surface area contributed by atoms with E-state index in [4.69, 9.17) is 14.5 Å². The first-order valence-electron chi connectivity index (χ1n) is 14.0. The van der Waals surface area contributed by atoms with Gasteiger partial charge in [0.05, 0.1) is 29.2 Å². The van der Waals surface area contributed by atoms with Gasteiger partial charge >= 0.3 is 6.09 Å². The molecule has 6 rings (SSSR count). The standard InChI is InChI=1S/C30H36N6O4S/c1-19-25(33-28(38)40-29(2,3)4)30(18-39-19)10-13-35(14-11-30)27-32-17-23(26-31-12-15-36(26)27)41-22-16-24(37)34(5)21-9-7-6-8-20(21)22/h6-9,12,15-17,19,25H,10-11,13-14,18H2,1-5H3,(H,33,38)/t19-,25+/m0/s1. The van der Waals surface area contributed by atoms with Gasteiger partial charge in [-0.3, -0.25) is 9.20 Å². The van der Waals surface area contributed by atoms with Crippen LogP contribution in [0.4, 0.5) is 10.7 Å². The number of carbonyl (C=O) groups excluding carboxylic acids is 1. The van der Waals surface area contributed by atoms with Crippen LogP contribution >= 0.6 is 11.8 Å². The Balaban J connectivity index is 1.23. The van der Waals surface area contributed by atoms with Crippen molar-refractivity contribution < 1.29 is 14.3 Å². The Kier molecular flexibility index (Phi) is 6.97. The van der Waals surface area contributed by atoms with Crippen molar-refractivity contribution in [2.24, 2.45) is 12.5 Å². The lowest BCUT2D eigenvalue weighted by Gasteiger charge is -2.43. The molecule has 216 valence electrons. The zero-order chi connectivity index (χ0) is 28.9. The number of fused-ring (bicyclic) bond motifs is 2. The van der Waals surface area contributed by atoms with Gasteiger partial charge in [-0.25, -0.2) is 14.8 Å². The number of benzene rings is 1. The fourth-order valence-corrected chi connectivity index (χ4v) is 7.09. The number of nitrogens with one attached hydrogen (secondary N) is 1. The SMILES string of the molecule is C[C@@H]1OCC2(CCN(c3ncc(Sc4cc(=O)n(C)c5ccccc45)c4nccn34)CC2)[C@@H]1NC(=O)OC(C)(C)C. The number of alkyl carbamates (subject to hydrolysis) is 1. The molecule has 11 heteroatoms. The Hall–Kier alpha value is -3.57. The van der Waals surface area contributed by atoms with Crippen LogP contribution in [0.15, 0.2) is 63.5 Å². The van der Waals surface area contributed by atoms with Gasteiger partial charge in [-0.05, 0) is 46.6 Å². The van der Waals surface area contributed by atoms with Gasteiger partial charge in [0.2, 0.25) is 5.95 Å². The predicted octanol–water partition coefficient (Wildman–Crippen LogP) is 4.63. The van der Waals surface area contributed by atoms with E-state index >= 15 is 0 Å². The summed E-state index contributed by atoms with van der Waals surface area (Å²) in [7, 11) is 1.79. The zero-order valence-corrected chi connectivity index (χ0v) is 24.9. The van der Waals surface area contributed by atoms with Crippen molar-refractivity contribution in [2.45, 2.75) is 68.1 Å². The van der Waals surface area contributed by atoms with Gasteiger partial charge < -0.3 is 24.3 Å². The fraction of sp³-hybridized carbons (Fsp3) is 0.467. The average molecular weight is 577 g/mol. The molecule has 1 aromatic carbocycles. The van der Waals surface area contributed by atoms with Crippen molar-refractivity contribution in [3.63, 3.8) is 0 Å². The van der Waals surface area contributed by atoms with Crippen LogP contribution in [0.3, 0.4) is 0 Å². The van der Waals surface area contributed by atoms with Gasteiger partial charge in [-0.1, -0.05) is 30.0 Å². The molecule has 10 nitrogen and oxygen atoms in total. The minimum Gasteiger partial charge on any atom is -0.444 e. The second-order valence-electron chi connectivity index (χ2n) is 12.1. The van der Waals surface area contributed by atoms with E-state index < -0.39 is 11.7 Å². The van der Waals surface area contributed by atoms with E-state index in [1.54, 1.807) is 23.9 Å². The van der Waals surface area contributed by atoms with Crippen molar-refractivity contribution in [2.75, 3.05) is 24.6 Å². The smallest absolute Gasteiger partial charge is 0.407 e. The van der Waals surface area contributed by atoms with Crippen LogP contribution in [0.1, 0.15) is 40.5 Å². The third kappa shape index (κ3) is 5.17. The van der Waals surface area contributed by atoms with Crippen molar-refractivity contribution in [3.8, 4) is 0 Å². The molecule has 0 saturated carbocycles. The maximum absolute atomic E-state index is 12.7. The van der Waals surface area contributed by atoms with E-state index in [-0.39, 0.29) is 23.1 Å². The number of para-hydroxylation sites is 1. The summed E-state index contributed by atoms with van der Waals surface area (Å²) in [6, 6.07) is 9.47. The average Bonchev–Trinajstić information content (AvgIpc) is 3.53. The molecule has 0 unspecified atom stereocenters. The molecule has 4 aromatic rings. The topological polar surface area (TPSA) is 103 Å². The summed E-state index contributed by atoms with van der Waals surface area (Å²) >= 11 is 1.51. The number of imidazole rings is 1. The number of aryl methyl sites for hydroxylation is 1. The van der Waals surface area contributed by atoms with Crippen LogP contribution < -0.4 is 15.8 Å². The minimum atomic E-state index is -0.557. The van der Waals surface area contributed by atoms with Crippen LogP contribution in [-0.4, -0.2) is 62.5 Å². The largest absolute Gasteiger partial charge is 0.444 e. The van der Waals surface area contributed by atoms with E-state index in [1.165, 1.54) is 11.8 Å². The molecule has 0 bridgehead atoms. The molecule has 3 aromatic heterocycles. The van der Waals surface area contributed by atoms with E-state index in [0.29, 0.717) is 6.61 Å². The van der Waals surface area contributed by atoms with Gasteiger partial charge in [0.1, 0.15) is 5.60 Å². The summed E-state index contributed by atoms with van der Waals surface area (Å²) < 4.78 is 15.3. The first-order valence-corrected chi connectivity index (χ1v) is 14.8. The summed E-state index contributed by atoms with van der Waals surface area (Å²) in [5.41, 5.74) is 0.919. The zero-order valence-electron chi connectivity index (χ0n) is 24.1. The molecular formula is C30H36N6O4S. The molecule has 2 saturated heterocycles. The Bertz CT molecular complexity index is 1670. The van der Waals surface area contributed by atoms with Gasteiger partial charge in [0.15, 0.2) is 5.65 Å². The van der Waals surface area contributed by atoms with Crippen molar-refractivity contribution in [1.29, 1.82) is 0 Å². The monoisotopic (exact) mass is 576 g/mol. The molecule has 2 fully saturated rings. The van der Waals surface area contributed by atoms with Crippen LogP contribution in [0.5, 0.6) is 0 Å². The molecule has 0 radical (unpaired) electrons. The Labute approximate surface area is 243 Å². The number of carbonyl (C=O) groups is 1. The van der Waals surface area contributed by atoms with E-state index in [1.807, 2.05) is 68.8 Å². The molecule has 5 heterocycles. The number of hydrogen-bond donors (Lipinski definition) is 1. The quantitative estimate of drug-likeness (QED) is 0.375. The Morgan fingerprint density at radius 2 is 1.93 bits per heavy atom. The number of piperidine rings is 1. The van der Waals surface area contributed by atoms with Gasteiger partial charge in [-0.15, -0.1) is 0 Å². The molecule has 2 aliphatic rings. The van der Waals surface area contributed by atoms with Crippen LogP contribution in [0, 0.1) is 5.41 Å². The van der Waals surface area contributed by atoms with Crippen LogP contribution in [0.25, 0.3) is 16.6 Å². The van der Waals surface area contributed by atoms with Crippen LogP contribution in [0.2, 0.25) is 0 Å². The molecule has 0 aliphatic carbocycles. The number of rotatable bonds is 4. The summed E-state index contributed by atoms with van der Waals surface area (Å²) in [6.45, 7) is 9.77. The number of hydrogen-bond acceptors (Lipinski definition) is 8. The van der Waals surface area contributed by atoms with Crippen molar-refractivity contribution >= 4 is 40.4 Å². The molecule has 1 N–H and O–H groups in total. The molecule has 1 spiro atoms. The number of nitrogens with zero attached hydrogens (tertiary/aromatic N) is 5. The van der Waals surface area contributed by atoms with Gasteiger partial charge in [0.25, 0.3) is 5.56 Å². The summed E-state index contributed by atoms with van der Waals surface area (Å²) in [4.78, 5) is 38.8.